The van der Waals surface area contributed by atoms with Gasteiger partial charge in [0.05, 0.1) is 13.9 Å². The van der Waals surface area contributed by atoms with Gasteiger partial charge >= 0.3 is 11.8 Å². The van der Waals surface area contributed by atoms with Gasteiger partial charge in [-0.05, 0) is 70.7 Å². The molecule has 0 unspecified atom stereocenters. The van der Waals surface area contributed by atoms with Crippen molar-refractivity contribution in [2.24, 2.45) is 0 Å². The van der Waals surface area contributed by atoms with Gasteiger partial charge in [-0.3, -0.25) is 10.1 Å². The van der Waals surface area contributed by atoms with Gasteiger partial charge in [0.25, 0.3) is 0 Å². The molecule has 1 aromatic carbocycles. The number of nitrogens with zero attached hydrogens (tertiary/aromatic N) is 2. The summed E-state index contributed by atoms with van der Waals surface area (Å²) in [7, 11) is 1.60. The van der Waals surface area contributed by atoms with Crippen LogP contribution in [0.5, 0.6) is 5.75 Å². The predicted molar refractivity (Wildman–Crippen MR) is 114 cm³/mol. The van der Waals surface area contributed by atoms with Crippen molar-refractivity contribution in [2.45, 2.75) is 32.8 Å². The highest BCUT2D eigenvalue weighted by molar-refractivity contribution is 9.11. The van der Waals surface area contributed by atoms with Crippen LogP contribution in [0.4, 0.5) is 16.2 Å². The lowest BCUT2D eigenvalue weighted by Crippen LogP contribution is -2.39. The molecule has 0 fully saturated rings. The molecule has 0 aromatic heterocycles. The Balaban J connectivity index is 2.08. The van der Waals surface area contributed by atoms with Crippen LogP contribution in [0.1, 0.15) is 27.2 Å². The Labute approximate surface area is 180 Å². The van der Waals surface area contributed by atoms with Crippen molar-refractivity contribution in [3.05, 3.63) is 36.8 Å². The van der Waals surface area contributed by atoms with Crippen LogP contribution in [0, 0.1) is 10.1 Å². The fourth-order valence-corrected chi connectivity index (χ4v) is 4.06. The molecule has 8 nitrogen and oxygen atoms in total. The number of hydrogen-bond donors (Lipinski definition) is 1. The van der Waals surface area contributed by atoms with Crippen LogP contribution >= 0.6 is 31.9 Å². The lowest BCUT2D eigenvalue weighted by Gasteiger charge is -2.29. The summed E-state index contributed by atoms with van der Waals surface area (Å²) in [6, 6.07) is 1.59. The second kappa shape index (κ2) is 9.13. The highest BCUT2D eigenvalue weighted by Gasteiger charge is 2.26. The first-order chi connectivity index (χ1) is 13.0. The summed E-state index contributed by atoms with van der Waals surface area (Å²) in [4.78, 5) is 24.7. The van der Waals surface area contributed by atoms with Gasteiger partial charge in [0, 0.05) is 20.1 Å². The molecule has 28 heavy (non-hydrogen) atoms. The predicted octanol–water partition coefficient (Wildman–Crippen LogP) is 5.11. The minimum atomic E-state index is -0.531. The minimum absolute atomic E-state index is 0.0885. The number of nitro benzene ring substituents is 1. The second-order valence-corrected chi connectivity index (χ2v) is 8.94. The number of rotatable bonds is 5. The standard InChI is InChI=1S/C18H23Br2N3O5/c1-18(2,3)28-17(24)22-7-5-11(6-8-22)10-27-16-13(20)9-12(19)15(23(25)26)14(16)21-4/h5,9,21H,6-8,10H2,1-4H3. The molecule has 1 heterocycles. The normalized spacial score (nSPS) is 14.4. The van der Waals surface area contributed by atoms with Crippen molar-refractivity contribution in [3.63, 3.8) is 0 Å². The molecule has 1 amide bonds. The van der Waals surface area contributed by atoms with E-state index < -0.39 is 10.5 Å². The molecule has 154 valence electrons. The number of nitro groups is 1. The van der Waals surface area contributed by atoms with Gasteiger partial charge in [0.15, 0.2) is 11.4 Å². The zero-order chi connectivity index (χ0) is 21.1. The van der Waals surface area contributed by atoms with Gasteiger partial charge in [-0.1, -0.05) is 6.08 Å². The quantitative estimate of drug-likeness (QED) is 0.329. The number of hydrogen-bond acceptors (Lipinski definition) is 6. The largest absolute Gasteiger partial charge is 0.486 e. The molecule has 0 spiro atoms. The van der Waals surface area contributed by atoms with Crippen molar-refractivity contribution >= 4 is 49.3 Å². The van der Waals surface area contributed by atoms with E-state index in [0.717, 1.165) is 5.57 Å². The van der Waals surface area contributed by atoms with Crippen molar-refractivity contribution < 1.29 is 19.2 Å². The van der Waals surface area contributed by atoms with Gasteiger partial charge in [-0.15, -0.1) is 0 Å². The van der Waals surface area contributed by atoms with Crippen molar-refractivity contribution in [3.8, 4) is 5.75 Å². The summed E-state index contributed by atoms with van der Waals surface area (Å²) in [5.74, 6) is 0.368. The molecule has 0 bridgehead atoms. The molecule has 2 rings (SSSR count). The second-order valence-electron chi connectivity index (χ2n) is 7.23. The average Bonchev–Trinajstić information content (AvgIpc) is 2.58. The van der Waals surface area contributed by atoms with E-state index in [9.17, 15) is 14.9 Å². The van der Waals surface area contributed by atoms with Gasteiger partial charge in [0.1, 0.15) is 12.2 Å². The van der Waals surface area contributed by atoms with Crippen molar-refractivity contribution in [1.29, 1.82) is 0 Å². The summed E-state index contributed by atoms with van der Waals surface area (Å²) in [6.45, 7) is 6.74. The van der Waals surface area contributed by atoms with Crippen LogP contribution in [0.25, 0.3) is 0 Å². The Kier molecular flexibility index (Phi) is 7.33. The molecule has 0 saturated heterocycles. The highest BCUT2D eigenvalue weighted by Crippen LogP contribution is 2.45. The van der Waals surface area contributed by atoms with E-state index in [4.69, 9.17) is 9.47 Å². The molecule has 0 atom stereocenters. The van der Waals surface area contributed by atoms with Crippen LogP contribution in [0.3, 0.4) is 0 Å². The van der Waals surface area contributed by atoms with Gasteiger partial charge in [0.2, 0.25) is 0 Å². The first-order valence-corrected chi connectivity index (χ1v) is 10.2. The van der Waals surface area contributed by atoms with E-state index in [1.807, 2.05) is 26.8 Å². The van der Waals surface area contributed by atoms with E-state index in [1.165, 1.54) is 0 Å². The Bertz CT molecular complexity index is 805. The Morgan fingerprint density at radius 2 is 2.04 bits per heavy atom. The molecule has 1 aliphatic rings. The third kappa shape index (κ3) is 5.60. The van der Waals surface area contributed by atoms with E-state index in [0.29, 0.717) is 34.2 Å². The third-order valence-corrected chi connectivity index (χ3v) is 5.14. The number of anilines is 1. The maximum absolute atomic E-state index is 12.1. The number of carbonyl (C=O) groups excluding carboxylic acids is 1. The molecule has 0 radical (unpaired) electrons. The number of nitrogens with one attached hydrogen (secondary N) is 1. The van der Waals surface area contributed by atoms with E-state index in [-0.39, 0.29) is 24.1 Å². The van der Waals surface area contributed by atoms with Crippen molar-refractivity contribution in [1.82, 2.24) is 4.90 Å². The molecule has 1 N–H and O–H groups in total. The summed E-state index contributed by atoms with van der Waals surface area (Å²) in [6.07, 6.45) is 2.23. The molecule has 1 aliphatic heterocycles. The number of ether oxygens (including phenoxy) is 2. The van der Waals surface area contributed by atoms with Gasteiger partial charge in [-0.25, -0.2) is 4.79 Å². The number of amides is 1. The minimum Gasteiger partial charge on any atom is -0.486 e. The van der Waals surface area contributed by atoms with Crippen LogP contribution in [0.15, 0.2) is 26.7 Å². The summed E-state index contributed by atoms with van der Waals surface area (Å²) < 4.78 is 12.2. The molecular formula is C18H23Br2N3O5. The smallest absolute Gasteiger partial charge is 0.410 e. The number of benzene rings is 1. The zero-order valence-corrected chi connectivity index (χ0v) is 19.3. The fourth-order valence-electron chi connectivity index (χ4n) is 2.64. The third-order valence-electron chi connectivity index (χ3n) is 3.95. The van der Waals surface area contributed by atoms with E-state index in [2.05, 4.69) is 37.2 Å². The lowest BCUT2D eigenvalue weighted by molar-refractivity contribution is -0.384. The van der Waals surface area contributed by atoms with Gasteiger partial charge in [-0.2, -0.15) is 0 Å². The van der Waals surface area contributed by atoms with Crippen LogP contribution in [-0.4, -0.2) is 48.3 Å². The molecular weight excluding hydrogens is 498 g/mol. The van der Waals surface area contributed by atoms with E-state index in [1.54, 1.807) is 18.0 Å². The summed E-state index contributed by atoms with van der Waals surface area (Å²) in [5.41, 5.74) is 0.683. The average molecular weight is 521 g/mol. The Morgan fingerprint density at radius 3 is 2.54 bits per heavy atom. The first-order valence-electron chi connectivity index (χ1n) is 8.66. The topological polar surface area (TPSA) is 93.9 Å². The summed E-state index contributed by atoms with van der Waals surface area (Å²) >= 11 is 6.61. The monoisotopic (exact) mass is 519 g/mol. The molecule has 10 heteroatoms. The van der Waals surface area contributed by atoms with Crippen LogP contribution in [-0.2, 0) is 4.74 Å². The molecule has 0 saturated carbocycles. The maximum atomic E-state index is 12.1. The Hall–Kier alpha value is -1.81. The van der Waals surface area contributed by atoms with Gasteiger partial charge < -0.3 is 19.7 Å². The van der Waals surface area contributed by atoms with Crippen molar-refractivity contribution in [2.75, 3.05) is 32.1 Å². The highest BCUT2D eigenvalue weighted by atomic mass is 79.9. The number of halogens is 2. The Morgan fingerprint density at radius 1 is 1.36 bits per heavy atom. The SMILES string of the molecule is CNc1c(OCC2=CCN(C(=O)OC(C)(C)C)CC2)c(Br)cc(Br)c1[N+](=O)[O-]. The molecule has 1 aromatic rings. The van der Waals surface area contributed by atoms with Crippen LogP contribution < -0.4 is 10.1 Å². The summed E-state index contributed by atoms with van der Waals surface area (Å²) in [5, 5.41) is 14.2. The van der Waals surface area contributed by atoms with E-state index >= 15 is 0 Å². The first kappa shape index (κ1) is 22.5. The molecule has 0 aliphatic carbocycles. The fraction of sp³-hybridized carbons (Fsp3) is 0.500. The van der Waals surface area contributed by atoms with Crippen LogP contribution in [0.2, 0.25) is 0 Å². The lowest BCUT2D eigenvalue weighted by atomic mass is 10.1. The number of carbonyl (C=O) groups is 1. The maximum Gasteiger partial charge on any atom is 0.410 e. The zero-order valence-electron chi connectivity index (χ0n) is 16.2.